The molecule has 2 fully saturated rings. The highest BCUT2D eigenvalue weighted by atomic mass is 35.5. The molecule has 2 atom stereocenters. The van der Waals surface area contributed by atoms with Crippen LogP contribution < -0.4 is 21.5 Å². The molecule has 2 aliphatic heterocycles. The van der Waals surface area contributed by atoms with E-state index in [1.54, 1.807) is 57.3 Å². The van der Waals surface area contributed by atoms with E-state index in [4.69, 9.17) is 39.4 Å². The number of amides is 4. The number of nitrogen functional groups attached to an aromatic ring is 2. The van der Waals surface area contributed by atoms with Gasteiger partial charge in [-0.3, -0.25) is 19.4 Å². The molecule has 0 radical (unpaired) electrons. The number of piperazine rings is 1. The summed E-state index contributed by atoms with van der Waals surface area (Å²) < 4.78 is 6.42. The fourth-order valence-corrected chi connectivity index (χ4v) is 7.48. The number of nitrogens with zero attached hydrogens (tertiary/aromatic N) is 5. The van der Waals surface area contributed by atoms with Crippen molar-refractivity contribution in [1.29, 1.82) is 0 Å². The molecular formula is C36H36Cl2N8O5S. The maximum absolute atomic E-state index is 14.4. The van der Waals surface area contributed by atoms with E-state index in [-0.39, 0.29) is 69.0 Å². The Bertz CT molecular complexity index is 2080. The van der Waals surface area contributed by atoms with Gasteiger partial charge in [0.1, 0.15) is 18.0 Å². The van der Waals surface area contributed by atoms with Gasteiger partial charge in [0, 0.05) is 19.5 Å². The van der Waals surface area contributed by atoms with Crippen molar-refractivity contribution in [2.75, 3.05) is 37.7 Å². The molecule has 13 nitrogen and oxygen atoms in total. The van der Waals surface area contributed by atoms with E-state index in [2.05, 4.69) is 23.5 Å². The van der Waals surface area contributed by atoms with Gasteiger partial charge < -0.3 is 31.3 Å². The quantitative estimate of drug-likeness (QED) is 0.0999. The Balaban J connectivity index is 1.30. The Morgan fingerprint density at radius 2 is 1.87 bits per heavy atom. The molecule has 4 amide bonds. The highest BCUT2D eigenvalue weighted by Gasteiger charge is 2.52. The number of hydrogen-bond acceptors (Lipinski definition) is 10. The normalized spacial score (nSPS) is 17.3. The lowest BCUT2D eigenvalue weighted by Gasteiger charge is -2.46. The number of urea groups is 1. The number of ketones is 1. The summed E-state index contributed by atoms with van der Waals surface area (Å²) in [4.78, 5) is 61.5. The Hall–Kier alpha value is -5.15. The Kier molecular flexibility index (Phi) is 11.0. The van der Waals surface area contributed by atoms with Crippen LogP contribution in [0.2, 0.25) is 10.0 Å². The minimum Gasteiger partial charge on any atom is -0.483 e. The lowest BCUT2D eigenvalue weighted by Crippen LogP contribution is -2.66. The number of thiazole rings is 1. The van der Waals surface area contributed by atoms with Crippen LogP contribution in [0.3, 0.4) is 0 Å². The van der Waals surface area contributed by atoms with Crippen molar-refractivity contribution in [1.82, 2.24) is 30.1 Å². The summed E-state index contributed by atoms with van der Waals surface area (Å²) in [6.07, 6.45) is 2.16. The number of para-hydroxylation sites is 1. The largest absolute Gasteiger partial charge is 0.483 e. The van der Waals surface area contributed by atoms with Gasteiger partial charge in [-0.05, 0) is 53.1 Å². The number of aromatic nitrogens is 1. The first-order valence-electron chi connectivity index (χ1n) is 16.2. The first-order valence-corrected chi connectivity index (χ1v) is 17.8. The number of anilines is 2. The summed E-state index contributed by atoms with van der Waals surface area (Å²) in [5.41, 5.74) is 15.5. The van der Waals surface area contributed by atoms with E-state index >= 15 is 0 Å². The molecule has 4 aromatic rings. The van der Waals surface area contributed by atoms with Crippen molar-refractivity contribution in [2.24, 2.45) is 0 Å². The second-order valence-electron chi connectivity index (χ2n) is 12.2. The van der Waals surface area contributed by atoms with E-state index in [9.17, 15) is 19.2 Å². The van der Waals surface area contributed by atoms with E-state index < -0.39 is 18.2 Å². The van der Waals surface area contributed by atoms with Crippen molar-refractivity contribution < 1.29 is 23.9 Å². The first-order chi connectivity index (χ1) is 25.0. The summed E-state index contributed by atoms with van der Waals surface area (Å²) >= 11 is 13.6. The van der Waals surface area contributed by atoms with Crippen molar-refractivity contribution in [3.05, 3.63) is 107 Å². The molecule has 3 heterocycles. The standard InChI is InChI=1S/C36H36Cl2N8O5S/c1-3-12-44(36(50)41-16-22-8-10-25(37)26(38)13-22)45-19-32(48)46-28(15-21-9-11-29(27(39)14-21)51-20-24(47)4-2)34(49)43(18-31(45)46)17-23-6-5-7-30-33(23)42-35(40)52-30/h3-11,13-14,28,31H,1-2,12,15-20,39H2,(H2,40,42)(H,41,50)/t28-,31+/m0/s1. The van der Waals surface area contributed by atoms with Crippen LogP contribution in [0.15, 0.2) is 79.9 Å². The summed E-state index contributed by atoms with van der Waals surface area (Å²) in [6, 6.07) is 14.4. The highest BCUT2D eigenvalue weighted by Crippen LogP contribution is 2.33. The van der Waals surface area contributed by atoms with Crippen LogP contribution in [0.25, 0.3) is 10.2 Å². The molecule has 0 saturated carbocycles. The van der Waals surface area contributed by atoms with Gasteiger partial charge in [0.2, 0.25) is 11.8 Å². The molecule has 52 heavy (non-hydrogen) atoms. The van der Waals surface area contributed by atoms with E-state index in [0.29, 0.717) is 32.0 Å². The summed E-state index contributed by atoms with van der Waals surface area (Å²) in [5.74, 6) is -0.593. The molecule has 0 aliphatic carbocycles. The number of benzene rings is 3. The summed E-state index contributed by atoms with van der Waals surface area (Å²) in [7, 11) is 0. The van der Waals surface area contributed by atoms with Crippen LogP contribution in [-0.2, 0) is 33.9 Å². The third kappa shape index (κ3) is 7.70. The fourth-order valence-electron chi connectivity index (χ4n) is 6.38. The lowest BCUT2D eigenvalue weighted by molar-refractivity contribution is -0.157. The van der Waals surface area contributed by atoms with Crippen LogP contribution in [0.5, 0.6) is 5.75 Å². The van der Waals surface area contributed by atoms with Crippen molar-refractivity contribution in [3.8, 4) is 5.75 Å². The first kappa shape index (κ1) is 36.6. The topological polar surface area (TPSA) is 167 Å². The number of rotatable bonds is 13. The van der Waals surface area contributed by atoms with Gasteiger partial charge in [0.05, 0.1) is 45.6 Å². The maximum Gasteiger partial charge on any atom is 0.332 e. The number of carbonyl (C=O) groups excluding carboxylic acids is 4. The van der Waals surface area contributed by atoms with Crippen molar-refractivity contribution in [3.63, 3.8) is 0 Å². The number of carbonyl (C=O) groups is 4. The SMILES string of the molecule is C=CCN(C(=O)NCc1ccc(Cl)c(Cl)c1)N1CC(=O)N2[C@@H](Cc3ccc(OCC(=O)C=C)c(N)c3)C(=O)N(Cc3cccc4sc(N)nc34)C[C@@H]21. The maximum atomic E-state index is 14.4. The second kappa shape index (κ2) is 15.6. The molecule has 0 bridgehead atoms. The molecule has 5 N–H and O–H groups in total. The summed E-state index contributed by atoms with van der Waals surface area (Å²) in [5, 5.41) is 7.16. The number of halogens is 2. The molecule has 0 unspecified atom stereocenters. The van der Waals surface area contributed by atoms with Crippen molar-refractivity contribution >= 4 is 79.2 Å². The molecule has 2 aliphatic rings. The van der Waals surface area contributed by atoms with Crippen LogP contribution in [0.4, 0.5) is 15.6 Å². The Morgan fingerprint density at radius 1 is 1.08 bits per heavy atom. The average Bonchev–Trinajstić information content (AvgIpc) is 3.67. The molecule has 16 heteroatoms. The Labute approximate surface area is 314 Å². The van der Waals surface area contributed by atoms with Gasteiger partial charge in [0.15, 0.2) is 17.5 Å². The number of nitrogens with two attached hydrogens (primary N) is 2. The zero-order valence-corrected chi connectivity index (χ0v) is 30.3. The number of hydrazine groups is 1. The predicted octanol–water partition coefficient (Wildman–Crippen LogP) is 4.64. The van der Waals surface area contributed by atoms with Crippen LogP contribution >= 0.6 is 34.5 Å². The van der Waals surface area contributed by atoms with E-state index in [0.717, 1.165) is 21.9 Å². The smallest absolute Gasteiger partial charge is 0.332 e. The predicted molar refractivity (Wildman–Crippen MR) is 201 cm³/mol. The second-order valence-corrected chi connectivity index (χ2v) is 14.1. The molecule has 2 saturated heterocycles. The minimum atomic E-state index is -0.936. The lowest BCUT2D eigenvalue weighted by atomic mass is 9.99. The molecule has 3 aromatic carbocycles. The third-order valence-electron chi connectivity index (χ3n) is 8.82. The highest BCUT2D eigenvalue weighted by molar-refractivity contribution is 7.22. The van der Waals surface area contributed by atoms with Gasteiger partial charge >= 0.3 is 6.03 Å². The average molecular weight is 764 g/mol. The number of fused-ring (bicyclic) bond motifs is 2. The zero-order valence-electron chi connectivity index (χ0n) is 28.0. The molecule has 6 rings (SSSR count). The molecule has 1 aromatic heterocycles. The van der Waals surface area contributed by atoms with Crippen LogP contribution in [-0.4, -0.2) is 86.9 Å². The Morgan fingerprint density at radius 3 is 2.60 bits per heavy atom. The molecule has 0 spiro atoms. The number of hydrogen-bond donors (Lipinski definition) is 3. The number of ether oxygens (including phenoxy) is 1. The minimum absolute atomic E-state index is 0.0905. The van der Waals surface area contributed by atoms with Gasteiger partial charge in [0.25, 0.3) is 0 Å². The van der Waals surface area contributed by atoms with Gasteiger partial charge in [-0.25, -0.2) is 9.78 Å². The van der Waals surface area contributed by atoms with Crippen LogP contribution in [0, 0.1) is 0 Å². The third-order valence-corrected chi connectivity index (χ3v) is 10.4. The molecule has 270 valence electrons. The zero-order chi connectivity index (χ0) is 37.1. The summed E-state index contributed by atoms with van der Waals surface area (Å²) in [6.45, 7) is 7.46. The van der Waals surface area contributed by atoms with Gasteiger partial charge in [-0.1, -0.05) is 71.5 Å². The molecular weight excluding hydrogens is 727 g/mol. The van der Waals surface area contributed by atoms with E-state index in [1.165, 1.54) is 16.3 Å². The van der Waals surface area contributed by atoms with Crippen LogP contribution in [0.1, 0.15) is 16.7 Å². The monoisotopic (exact) mass is 762 g/mol. The van der Waals surface area contributed by atoms with E-state index in [1.807, 2.05) is 18.2 Å². The fraction of sp³-hybridized carbons (Fsp3) is 0.250. The van der Waals surface area contributed by atoms with Gasteiger partial charge in [-0.15, -0.1) is 6.58 Å². The van der Waals surface area contributed by atoms with Crippen molar-refractivity contribution in [2.45, 2.75) is 31.7 Å². The van der Waals surface area contributed by atoms with Gasteiger partial charge in [-0.2, -0.15) is 5.01 Å². The number of nitrogens with one attached hydrogen (secondary N) is 1.